The van der Waals surface area contributed by atoms with E-state index in [0.29, 0.717) is 17.1 Å². The highest BCUT2D eigenvalue weighted by Crippen LogP contribution is 2.15. The van der Waals surface area contributed by atoms with Crippen molar-refractivity contribution in [2.45, 2.75) is 13.8 Å². The second-order valence-electron chi connectivity index (χ2n) is 3.94. The predicted molar refractivity (Wildman–Crippen MR) is 63.6 cm³/mol. The van der Waals surface area contributed by atoms with E-state index in [1.807, 2.05) is 0 Å². The molecule has 0 saturated carbocycles. The molecular formula is C12H17NO5. The van der Waals surface area contributed by atoms with Crippen molar-refractivity contribution in [2.24, 2.45) is 0 Å². The summed E-state index contributed by atoms with van der Waals surface area (Å²) in [6, 6.07) is 1.61. The normalized spacial score (nSPS) is 10.4. The van der Waals surface area contributed by atoms with Crippen molar-refractivity contribution < 1.29 is 23.8 Å². The predicted octanol–water partition coefficient (Wildman–Crippen LogP) is 1.07. The number of hydrogen-bond donors (Lipinski definition) is 1. The van der Waals surface area contributed by atoms with Gasteiger partial charge in [0.25, 0.3) is 5.91 Å². The number of carbonyl (C=O) groups is 2. The number of aliphatic carboxylic acids is 1. The highest BCUT2D eigenvalue weighted by Gasteiger charge is 2.22. The zero-order valence-electron chi connectivity index (χ0n) is 10.7. The van der Waals surface area contributed by atoms with Gasteiger partial charge < -0.3 is 19.2 Å². The van der Waals surface area contributed by atoms with Gasteiger partial charge in [-0.25, -0.2) is 0 Å². The first-order valence-electron chi connectivity index (χ1n) is 5.52. The quantitative estimate of drug-likeness (QED) is 0.822. The van der Waals surface area contributed by atoms with Crippen molar-refractivity contribution >= 4 is 11.9 Å². The van der Waals surface area contributed by atoms with E-state index in [-0.39, 0.29) is 25.6 Å². The Kier molecular flexibility index (Phi) is 4.91. The molecule has 1 aromatic rings. The third-order valence-electron chi connectivity index (χ3n) is 2.45. The van der Waals surface area contributed by atoms with Crippen LogP contribution in [0.2, 0.25) is 0 Å². The van der Waals surface area contributed by atoms with E-state index >= 15 is 0 Å². The van der Waals surface area contributed by atoms with E-state index in [4.69, 9.17) is 14.3 Å². The molecule has 100 valence electrons. The smallest absolute Gasteiger partial charge is 0.323 e. The van der Waals surface area contributed by atoms with Gasteiger partial charge in [0.05, 0.1) is 12.2 Å². The standard InChI is InChI=1S/C12H17NO5/c1-8-6-10(9(2)18-8)12(16)13(4-5-17-3)7-11(14)15/h6H,4-5,7H2,1-3H3,(H,14,15). The molecule has 0 aromatic carbocycles. The number of methoxy groups -OCH3 is 1. The Morgan fingerprint density at radius 1 is 1.44 bits per heavy atom. The minimum Gasteiger partial charge on any atom is -0.480 e. The minimum atomic E-state index is -1.06. The van der Waals surface area contributed by atoms with Crippen LogP contribution >= 0.6 is 0 Å². The van der Waals surface area contributed by atoms with E-state index in [9.17, 15) is 9.59 Å². The van der Waals surface area contributed by atoms with Gasteiger partial charge in [-0.1, -0.05) is 0 Å². The molecule has 0 spiro atoms. The monoisotopic (exact) mass is 255 g/mol. The summed E-state index contributed by atoms with van der Waals surface area (Å²) in [5.41, 5.74) is 0.393. The zero-order chi connectivity index (χ0) is 13.7. The summed E-state index contributed by atoms with van der Waals surface area (Å²) in [5.74, 6) is -0.302. The van der Waals surface area contributed by atoms with E-state index in [1.54, 1.807) is 19.9 Å². The molecule has 1 amide bonds. The van der Waals surface area contributed by atoms with Gasteiger partial charge in [0.1, 0.15) is 18.1 Å². The number of carboxylic acids is 1. The number of furan rings is 1. The number of amides is 1. The van der Waals surface area contributed by atoms with Gasteiger partial charge >= 0.3 is 5.97 Å². The summed E-state index contributed by atoms with van der Waals surface area (Å²) in [4.78, 5) is 24.1. The molecule has 0 aliphatic rings. The number of carbonyl (C=O) groups excluding carboxylic acids is 1. The molecule has 0 saturated heterocycles. The van der Waals surface area contributed by atoms with Crippen LogP contribution in [-0.4, -0.2) is 48.7 Å². The molecule has 0 atom stereocenters. The topological polar surface area (TPSA) is 80.0 Å². The maximum absolute atomic E-state index is 12.2. The molecule has 1 aromatic heterocycles. The van der Waals surface area contributed by atoms with Crippen LogP contribution in [0.3, 0.4) is 0 Å². The first-order chi connectivity index (χ1) is 8.45. The van der Waals surface area contributed by atoms with Gasteiger partial charge in [-0.15, -0.1) is 0 Å². The number of carboxylic acid groups (broad SMARTS) is 1. The molecular weight excluding hydrogens is 238 g/mol. The average Bonchev–Trinajstić information content (AvgIpc) is 2.62. The summed E-state index contributed by atoms with van der Waals surface area (Å²) >= 11 is 0. The molecule has 6 nitrogen and oxygen atoms in total. The van der Waals surface area contributed by atoms with Crippen molar-refractivity contribution in [1.82, 2.24) is 4.90 Å². The molecule has 0 radical (unpaired) electrons. The zero-order valence-corrected chi connectivity index (χ0v) is 10.7. The molecule has 0 fully saturated rings. The molecule has 0 bridgehead atoms. The van der Waals surface area contributed by atoms with Gasteiger partial charge in [-0.3, -0.25) is 9.59 Å². The van der Waals surface area contributed by atoms with Gasteiger partial charge in [0.15, 0.2) is 0 Å². The van der Waals surface area contributed by atoms with Crippen LogP contribution in [-0.2, 0) is 9.53 Å². The lowest BCUT2D eigenvalue weighted by atomic mass is 10.2. The number of rotatable bonds is 6. The van der Waals surface area contributed by atoms with Crippen molar-refractivity contribution in [3.63, 3.8) is 0 Å². The molecule has 1 heterocycles. The van der Waals surface area contributed by atoms with Gasteiger partial charge in [-0.05, 0) is 19.9 Å². The van der Waals surface area contributed by atoms with Crippen LogP contribution in [0.25, 0.3) is 0 Å². The summed E-state index contributed by atoms with van der Waals surface area (Å²) in [5, 5.41) is 8.80. The van der Waals surface area contributed by atoms with Crippen molar-refractivity contribution in [3.8, 4) is 0 Å². The van der Waals surface area contributed by atoms with Crippen LogP contribution < -0.4 is 0 Å². The van der Waals surface area contributed by atoms with Crippen molar-refractivity contribution in [3.05, 3.63) is 23.2 Å². The fraction of sp³-hybridized carbons (Fsp3) is 0.500. The van der Waals surface area contributed by atoms with E-state index < -0.39 is 5.97 Å². The van der Waals surface area contributed by atoms with Gasteiger partial charge in [-0.2, -0.15) is 0 Å². The third-order valence-corrected chi connectivity index (χ3v) is 2.45. The molecule has 1 rings (SSSR count). The number of hydrogen-bond acceptors (Lipinski definition) is 4. The fourth-order valence-electron chi connectivity index (χ4n) is 1.63. The average molecular weight is 255 g/mol. The molecule has 1 N–H and O–H groups in total. The van der Waals surface area contributed by atoms with Crippen LogP contribution in [0.15, 0.2) is 10.5 Å². The van der Waals surface area contributed by atoms with Crippen LogP contribution in [0.4, 0.5) is 0 Å². The Morgan fingerprint density at radius 3 is 2.56 bits per heavy atom. The Balaban J connectivity index is 2.87. The summed E-state index contributed by atoms with van der Waals surface area (Å²) in [6.45, 7) is 3.57. The molecule has 0 unspecified atom stereocenters. The Hall–Kier alpha value is -1.82. The molecule has 18 heavy (non-hydrogen) atoms. The SMILES string of the molecule is COCCN(CC(=O)O)C(=O)c1cc(C)oc1C. The molecule has 0 aliphatic heterocycles. The number of aryl methyl sites for hydroxylation is 2. The highest BCUT2D eigenvalue weighted by atomic mass is 16.5. The maximum atomic E-state index is 12.2. The van der Waals surface area contributed by atoms with E-state index in [1.165, 1.54) is 12.0 Å². The Labute approximate surface area is 105 Å². The van der Waals surface area contributed by atoms with Crippen LogP contribution in [0.5, 0.6) is 0 Å². The fourth-order valence-corrected chi connectivity index (χ4v) is 1.63. The van der Waals surface area contributed by atoms with Gasteiger partial charge in [0, 0.05) is 13.7 Å². The largest absolute Gasteiger partial charge is 0.480 e. The Morgan fingerprint density at radius 2 is 2.11 bits per heavy atom. The minimum absolute atomic E-state index is 0.227. The first kappa shape index (κ1) is 14.2. The summed E-state index contributed by atoms with van der Waals surface area (Å²) < 4.78 is 10.1. The van der Waals surface area contributed by atoms with Crippen LogP contribution in [0.1, 0.15) is 21.9 Å². The first-order valence-corrected chi connectivity index (χ1v) is 5.52. The van der Waals surface area contributed by atoms with Gasteiger partial charge in [0.2, 0.25) is 0 Å². The summed E-state index contributed by atoms with van der Waals surface area (Å²) in [6.07, 6.45) is 0. The maximum Gasteiger partial charge on any atom is 0.323 e. The third kappa shape index (κ3) is 3.59. The lowest BCUT2D eigenvalue weighted by Gasteiger charge is -2.19. The van der Waals surface area contributed by atoms with E-state index in [0.717, 1.165) is 0 Å². The van der Waals surface area contributed by atoms with Crippen molar-refractivity contribution in [1.29, 1.82) is 0 Å². The van der Waals surface area contributed by atoms with E-state index in [2.05, 4.69) is 0 Å². The summed E-state index contributed by atoms with van der Waals surface area (Å²) in [7, 11) is 1.50. The number of nitrogens with zero attached hydrogens (tertiary/aromatic N) is 1. The van der Waals surface area contributed by atoms with Crippen molar-refractivity contribution in [2.75, 3.05) is 26.8 Å². The Bertz CT molecular complexity index is 438. The molecule has 6 heteroatoms. The van der Waals surface area contributed by atoms with Crippen LogP contribution in [0, 0.1) is 13.8 Å². The lowest BCUT2D eigenvalue weighted by molar-refractivity contribution is -0.137. The second-order valence-corrected chi connectivity index (χ2v) is 3.94. The highest BCUT2D eigenvalue weighted by molar-refractivity contribution is 5.96. The second kappa shape index (κ2) is 6.20. The lowest BCUT2D eigenvalue weighted by Crippen LogP contribution is -2.38. The number of ether oxygens (including phenoxy) is 1. The molecule has 0 aliphatic carbocycles.